The number of esters is 1. The van der Waals surface area contributed by atoms with Crippen LogP contribution in [0.5, 0.6) is 0 Å². The molecular formula is C14H15Cl2NO3. The fourth-order valence-electron chi connectivity index (χ4n) is 1.57. The van der Waals surface area contributed by atoms with Gasteiger partial charge in [-0.25, -0.2) is 0 Å². The Morgan fingerprint density at radius 2 is 2.10 bits per heavy atom. The fraction of sp³-hybridized carbons (Fsp3) is 0.286. The van der Waals surface area contributed by atoms with Crippen LogP contribution in [-0.2, 0) is 9.53 Å². The lowest BCUT2D eigenvalue weighted by atomic mass is 10.2. The number of carbonyl (C=O) groups excluding carboxylic acids is 2. The highest BCUT2D eigenvalue weighted by atomic mass is 35.5. The summed E-state index contributed by atoms with van der Waals surface area (Å²) in [7, 11) is 0. The van der Waals surface area contributed by atoms with Crippen molar-refractivity contribution in [3.05, 3.63) is 46.5 Å². The molecule has 0 N–H and O–H groups in total. The Balaban J connectivity index is 2.95. The smallest absolute Gasteiger partial charge is 0.325 e. The van der Waals surface area contributed by atoms with Gasteiger partial charge < -0.3 is 9.64 Å². The highest BCUT2D eigenvalue weighted by Crippen LogP contribution is 2.22. The van der Waals surface area contributed by atoms with Crippen molar-refractivity contribution in [1.29, 1.82) is 0 Å². The first-order valence-corrected chi connectivity index (χ1v) is 6.76. The van der Waals surface area contributed by atoms with E-state index < -0.39 is 11.9 Å². The largest absolute Gasteiger partial charge is 0.465 e. The van der Waals surface area contributed by atoms with E-state index in [2.05, 4.69) is 6.58 Å². The lowest BCUT2D eigenvalue weighted by molar-refractivity contribution is -0.143. The molecule has 0 heterocycles. The summed E-state index contributed by atoms with van der Waals surface area (Å²) in [6.45, 7) is 5.57. The van der Waals surface area contributed by atoms with Crippen molar-refractivity contribution >= 4 is 35.1 Å². The van der Waals surface area contributed by atoms with Gasteiger partial charge in [-0.1, -0.05) is 29.3 Å². The quantitative estimate of drug-likeness (QED) is 0.598. The average molecular weight is 316 g/mol. The van der Waals surface area contributed by atoms with Crippen molar-refractivity contribution < 1.29 is 14.3 Å². The van der Waals surface area contributed by atoms with Crippen molar-refractivity contribution in [2.24, 2.45) is 0 Å². The van der Waals surface area contributed by atoms with E-state index in [1.807, 2.05) is 0 Å². The first-order valence-electron chi connectivity index (χ1n) is 6.00. The number of halogens is 2. The number of benzene rings is 1. The van der Waals surface area contributed by atoms with E-state index in [9.17, 15) is 9.59 Å². The molecule has 1 amide bonds. The van der Waals surface area contributed by atoms with E-state index in [1.165, 1.54) is 23.1 Å². The minimum atomic E-state index is -0.485. The second-order valence-electron chi connectivity index (χ2n) is 3.90. The molecule has 4 nitrogen and oxygen atoms in total. The molecule has 1 rings (SSSR count). The van der Waals surface area contributed by atoms with Crippen molar-refractivity contribution in [3.63, 3.8) is 0 Å². The monoisotopic (exact) mass is 315 g/mol. The van der Waals surface area contributed by atoms with Crippen LogP contribution in [0.4, 0.5) is 0 Å². The number of carbonyl (C=O) groups is 2. The summed E-state index contributed by atoms with van der Waals surface area (Å²) in [5.41, 5.74) is 0.241. The van der Waals surface area contributed by atoms with Crippen LogP contribution in [0.2, 0.25) is 10.0 Å². The lowest BCUT2D eigenvalue weighted by Crippen LogP contribution is -2.36. The van der Waals surface area contributed by atoms with Gasteiger partial charge in [0.05, 0.1) is 17.2 Å². The zero-order chi connectivity index (χ0) is 15.1. The van der Waals surface area contributed by atoms with Crippen molar-refractivity contribution in [2.75, 3.05) is 19.7 Å². The Bertz CT molecular complexity index is 517. The Hall–Kier alpha value is -1.52. The molecule has 0 aliphatic rings. The number of ether oxygens (including phenoxy) is 1. The first kappa shape index (κ1) is 16.5. The Labute approximate surface area is 127 Å². The van der Waals surface area contributed by atoms with Gasteiger partial charge in [0.1, 0.15) is 6.54 Å². The maximum Gasteiger partial charge on any atom is 0.325 e. The van der Waals surface area contributed by atoms with Crippen LogP contribution >= 0.6 is 23.2 Å². The molecule has 0 aliphatic carbocycles. The number of amides is 1. The van der Waals surface area contributed by atoms with Gasteiger partial charge in [0, 0.05) is 11.6 Å². The normalized spacial score (nSPS) is 9.95. The van der Waals surface area contributed by atoms with Crippen LogP contribution in [0.1, 0.15) is 17.3 Å². The SMILES string of the molecule is C=CCN(CC(=O)OCC)C(=O)c1cc(Cl)ccc1Cl. The number of hydrogen-bond acceptors (Lipinski definition) is 3. The van der Waals surface area contributed by atoms with E-state index in [4.69, 9.17) is 27.9 Å². The minimum absolute atomic E-state index is 0.165. The molecule has 0 unspecified atom stereocenters. The zero-order valence-electron chi connectivity index (χ0n) is 11.1. The van der Waals surface area contributed by atoms with Crippen molar-refractivity contribution in [1.82, 2.24) is 4.90 Å². The lowest BCUT2D eigenvalue weighted by Gasteiger charge is -2.20. The third kappa shape index (κ3) is 4.54. The highest BCUT2D eigenvalue weighted by Gasteiger charge is 2.20. The second-order valence-corrected chi connectivity index (χ2v) is 4.75. The maximum atomic E-state index is 12.4. The molecule has 0 aliphatic heterocycles. The molecule has 108 valence electrons. The molecule has 0 saturated heterocycles. The minimum Gasteiger partial charge on any atom is -0.465 e. The van der Waals surface area contributed by atoms with Crippen LogP contribution < -0.4 is 0 Å². The van der Waals surface area contributed by atoms with Gasteiger partial charge in [0.2, 0.25) is 0 Å². The topological polar surface area (TPSA) is 46.6 Å². The van der Waals surface area contributed by atoms with Gasteiger partial charge in [0.25, 0.3) is 5.91 Å². The molecule has 20 heavy (non-hydrogen) atoms. The van der Waals surface area contributed by atoms with Crippen LogP contribution in [-0.4, -0.2) is 36.5 Å². The molecular weight excluding hydrogens is 301 g/mol. The molecule has 0 fully saturated rings. The van der Waals surface area contributed by atoms with Crippen molar-refractivity contribution in [3.8, 4) is 0 Å². The predicted molar refractivity (Wildman–Crippen MR) is 79.2 cm³/mol. The van der Waals surface area contributed by atoms with E-state index in [0.29, 0.717) is 5.02 Å². The van der Waals surface area contributed by atoms with Gasteiger partial charge in [0.15, 0.2) is 0 Å². The number of nitrogens with zero attached hydrogens (tertiary/aromatic N) is 1. The van der Waals surface area contributed by atoms with Crippen LogP contribution in [0.25, 0.3) is 0 Å². The predicted octanol–water partition coefficient (Wildman–Crippen LogP) is 3.18. The Morgan fingerprint density at radius 3 is 2.70 bits per heavy atom. The zero-order valence-corrected chi connectivity index (χ0v) is 12.6. The summed E-state index contributed by atoms with van der Waals surface area (Å²) in [6, 6.07) is 4.59. The first-order chi connectivity index (χ1) is 9.49. The van der Waals surface area contributed by atoms with E-state index in [1.54, 1.807) is 13.0 Å². The van der Waals surface area contributed by atoms with E-state index in [-0.39, 0.29) is 30.3 Å². The van der Waals surface area contributed by atoms with Crippen LogP contribution in [0.3, 0.4) is 0 Å². The third-order valence-electron chi connectivity index (χ3n) is 2.42. The van der Waals surface area contributed by atoms with Crippen LogP contribution in [0.15, 0.2) is 30.9 Å². The molecule has 6 heteroatoms. The third-order valence-corrected chi connectivity index (χ3v) is 2.99. The maximum absolute atomic E-state index is 12.4. The van der Waals surface area contributed by atoms with Gasteiger partial charge in [-0.05, 0) is 25.1 Å². The second kappa shape index (κ2) is 7.92. The summed E-state index contributed by atoms with van der Waals surface area (Å²) >= 11 is 11.8. The van der Waals surface area contributed by atoms with E-state index >= 15 is 0 Å². The summed E-state index contributed by atoms with van der Waals surface area (Å²) in [5, 5.41) is 0.671. The van der Waals surface area contributed by atoms with Gasteiger partial charge >= 0.3 is 5.97 Å². The Morgan fingerprint density at radius 1 is 1.40 bits per heavy atom. The highest BCUT2D eigenvalue weighted by molar-refractivity contribution is 6.35. The summed E-state index contributed by atoms with van der Waals surface area (Å²) in [6.07, 6.45) is 1.52. The molecule has 1 aromatic carbocycles. The average Bonchev–Trinajstić information content (AvgIpc) is 2.40. The molecule has 0 spiro atoms. The number of hydrogen-bond donors (Lipinski definition) is 0. The Kier molecular flexibility index (Phi) is 6.55. The van der Waals surface area contributed by atoms with Crippen LogP contribution in [0, 0.1) is 0 Å². The van der Waals surface area contributed by atoms with E-state index in [0.717, 1.165) is 0 Å². The molecule has 0 saturated carbocycles. The molecule has 0 bridgehead atoms. The molecule has 1 aromatic rings. The summed E-state index contributed by atoms with van der Waals surface area (Å²) in [5.74, 6) is -0.883. The molecule has 0 atom stereocenters. The van der Waals surface area contributed by atoms with Crippen molar-refractivity contribution in [2.45, 2.75) is 6.92 Å². The molecule has 0 radical (unpaired) electrons. The number of rotatable bonds is 6. The standard InChI is InChI=1S/C14H15Cl2NO3/c1-3-7-17(9-13(18)20-4-2)14(19)11-8-10(15)5-6-12(11)16/h3,5-6,8H,1,4,7,9H2,2H3. The fourth-order valence-corrected chi connectivity index (χ4v) is 1.94. The van der Waals surface area contributed by atoms with Gasteiger partial charge in [-0.2, -0.15) is 0 Å². The van der Waals surface area contributed by atoms with Gasteiger partial charge in [-0.3, -0.25) is 9.59 Å². The summed E-state index contributed by atoms with van der Waals surface area (Å²) in [4.78, 5) is 25.2. The van der Waals surface area contributed by atoms with Gasteiger partial charge in [-0.15, -0.1) is 6.58 Å². The summed E-state index contributed by atoms with van der Waals surface area (Å²) < 4.78 is 4.83. The molecule has 0 aromatic heterocycles.